The van der Waals surface area contributed by atoms with Crippen molar-refractivity contribution in [2.45, 2.75) is 76.7 Å². The van der Waals surface area contributed by atoms with Crippen LogP contribution in [0.5, 0.6) is 5.75 Å². The minimum atomic E-state index is -0.564. The lowest BCUT2D eigenvalue weighted by molar-refractivity contribution is 0.134. The van der Waals surface area contributed by atoms with Crippen LogP contribution in [0.3, 0.4) is 0 Å². The number of hydrogen-bond acceptors (Lipinski definition) is 4. The van der Waals surface area contributed by atoms with Gasteiger partial charge in [0.1, 0.15) is 11.9 Å². The van der Waals surface area contributed by atoms with Crippen molar-refractivity contribution in [1.82, 2.24) is 5.32 Å². The number of aliphatic hydroxyl groups excluding tert-OH is 2. The van der Waals surface area contributed by atoms with Crippen LogP contribution in [0.1, 0.15) is 62.1 Å². The van der Waals surface area contributed by atoms with Gasteiger partial charge in [-0.25, -0.2) is 0 Å². The summed E-state index contributed by atoms with van der Waals surface area (Å²) >= 11 is 0. The molecule has 0 spiro atoms. The molecule has 1 heterocycles. The third-order valence-electron chi connectivity index (χ3n) is 7.42. The third kappa shape index (κ3) is 6.35. The van der Waals surface area contributed by atoms with Crippen LogP contribution in [0, 0.1) is 23.7 Å². The highest BCUT2D eigenvalue weighted by molar-refractivity contribution is 5.49. The molecule has 1 aliphatic heterocycles. The van der Waals surface area contributed by atoms with E-state index in [9.17, 15) is 10.2 Å². The summed E-state index contributed by atoms with van der Waals surface area (Å²) < 4.78 is 6.42. The molecule has 0 unspecified atom stereocenters. The first-order valence-corrected chi connectivity index (χ1v) is 13.1. The Morgan fingerprint density at radius 3 is 2.77 bits per heavy atom. The van der Waals surface area contributed by atoms with E-state index in [0.29, 0.717) is 12.8 Å². The maximum atomic E-state index is 10.7. The number of hydrogen-bond donors (Lipinski definition) is 3. The van der Waals surface area contributed by atoms with Crippen LogP contribution in [-0.4, -0.2) is 35.1 Å². The Bertz CT molecular complexity index is 1040. The van der Waals surface area contributed by atoms with Crippen LogP contribution < -0.4 is 10.1 Å². The number of rotatable bonds is 11. The smallest absolute Gasteiger partial charge is 0.126 e. The third-order valence-corrected chi connectivity index (χ3v) is 7.42. The second kappa shape index (κ2) is 12.4. The first kappa shape index (κ1) is 25.5. The van der Waals surface area contributed by atoms with Crippen molar-refractivity contribution < 1.29 is 14.9 Å². The summed E-state index contributed by atoms with van der Waals surface area (Å²) in [5, 5.41) is 24.8. The molecule has 3 N–H and O–H groups in total. The average Bonchev–Trinajstić information content (AvgIpc) is 3.38. The molecule has 0 saturated heterocycles. The number of nitrogens with one attached hydrogen (secondary N) is 1. The zero-order valence-corrected chi connectivity index (χ0v) is 21.0. The summed E-state index contributed by atoms with van der Waals surface area (Å²) in [5.41, 5.74) is 3.79. The van der Waals surface area contributed by atoms with E-state index in [2.05, 4.69) is 59.6 Å². The van der Waals surface area contributed by atoms with Gasteiger partial charge in [0.15, 0.2) is 0 Å². The largest absolute Gasteiger partial charge is 0.489 e. The molecule has 2 aromatic rings. The molecule has 2 aliphatic rings. The van der Waals surface area contributed by atoms with E-state index in [-0.39, 0.29) is 23.9 Å². The van der Waals surface area contributed by atoms with E-state index in [0.717, 1.165) is 38.1 Å². The van der Waals surface area contributed by atoms with Crippen molar-refractivity contribution >= 4 is 0 Å². The Balaban J connectivity index is 1.33. The molecule has 186 valence electrons. The van der Waals surface area contributed by atoms with E-state index in [1.165, 1.54) is 16.7 Å². The number of aliphatic hydroxyl groups is 2. The molecule has 35 heavy (non-hydrogen) atoms. The second-order valence-corrected chi connectivity index (χ2v) is 10.0. The number of para-hydroxylation sites is 1. The molecule has 1 saturated carbocycles. The molecule has 4 rings (SSSR count). The van der Waals surface area contributed by atoms with E-state index in [4.69, 9.17) is 4.74 Å². The Labute approximate surface area is 210 Å². The summed E-state index contributed by atoms with van der Waals surface area (Å²) in [4.78, 5) is 0. The predicted octanol–water partition coefficient (Wildman–Crippen LogP) is 4.99. The average molecular weight is 474 g/mol. The summed E-state index contributed by atoms with van der Waals surface area (Å²) in [6.45, 7) is 5.73. The zero-order chi connectivity index (χ0) is 24.6. The molecule has 0 aromatic heterocycles. The van der Waals surface area contributed by atoms with Gasteiger partial charge in [-0.2, -0.15) is 0 Å². The molecule has 1 fully saturated rings. The maximum Gasteiger partial charge on any atom is 0.126 e. The molecule has 0 bridgehead atoms. The van der Waals surface area contributed by atoms with Gasteiger partial charge in [-0.1, -0.05) is 67.6 Å². The topological polar surface area (TPSA) is 61.7 Å². The molecule has 4 nitrogen and oxygen atoms in total. The number of fused-ring (bicyclic) bond motifs is 3. The van der Waals surface area contributed by atoms with Gasteiger partial charge in [-0.15, -0.1) is 11.8 Å². The highest BCUT2D eigenvalue weighted by Crippen LogP contribution is 2.52. The van der Waals surface area contributed by atoms with E-state index >= 15 is 0 Å². The molecule has 0 radical (unpaired) electrons. The molecular formula is C31H39NO3. The highest BCUT2D eigenvalue weighted by atomic mass is 16.5. The maximum absolute atomic E-state index is 10.7. The van der Waals surface area contributed by atoms with E-state index in [1.54, 1.807) is 0 Å². The minimum absolute atomic E-state index is 0.00358. The number of aryl methyl sites for hydroxylation is 1. The molecule has 1 aliphatic carbocycles. The first-order chi connectivity index (χ1) is 17.1. The number of unbranched alkanes of at least 4 members (excludes halogenated alkanes) is 1. The van der Waals surface area contributed by atoms with Crippen molar-refractivity contribution in [3.05, 3.63) is 77.4 Å². The lowest BCUT2D eigenvalue weighted by atomic mass is 9.86. The second-order valence-electron chi connectivity index (χ2n) is 10.0. The summed E-state index contributed by atoms with van der Waals surface area (Å²) in [7, 11) is 0. The van der Waals surface area contributed by atoms with E-state index in [1.807, 2.05) is 32.1 Å². The fraction of sp³-hybridized carbons (Fsp3) is 0.484. The monoisotopic (exact) mass is 473 g/mol. The van der Waals surface area contributed by atoms with Gasteiger partial charge in [0.05, 0.1) is 12.2 Å². The van der Waals surface area contributed by atoms with Crippen LogP contribution in [0.15, 0.2) is 60.7 Å². The van der Waals surface area contributed by atoms with E-state index < -0.39 is 12.2 Å². The van der Waals surface area contributed by atoms with Crippen molar-refractivity contribution in [3.8, 4) is 17.6 Å². The number of ether oxygens (including phenoxy) is 1. The quantitative estimate of drug-likeness (QED) is 0.244. The Morgan fingerprint density at radius 1 is 1.14 bits per heavy atom. The van der Waals surface area contributed by atoms with Gasteiger partial charge >= 0.3 is 0 Å². The van der Waals surface area contributed by atoms with Crippen LogP contribution in [0.2, 0.25) is 0 Å². The molecule has 6 atom stereocenters. The normalized spacial score (nSPS) is 24.3. The van der Waals surface area contributed by atoms with Crippen LogP contribution in [-0.2, 0) is 13.0 Å². The van der Waals surface area contributed by atoms with Crippen molar-refractivity contribution in [2.75, 3.05) is 6.54 Å². The summed E-state index contributed by atoms with van der Waals surface area (Å²) in [5.74, 6) is 7.12. The Kier molecular flexibility index (Phi) is 9.04. The fourth-order valence-electron chi connectivity index (χ4n) is 5.37. The SMILES string of the molecule is CC#CC[C@H](C)[C@H](O)C=C[C@@H]1[C@H]2c3cccc(CCCCNCc4ccccc4)c3O[C@H]2C[C@H]1O. The van der Waals surface area contributed by atoms with Gasteiger partial charge in [0.25, 0.3) is 0 Å². The summed E-state index contributed by atoms with van der Waals surface area (Å²) in [6.07, 6.45) is 7.36. The first-order valence-electron chi connectivity index (χ1n) is 13.1. The van der Waals surface area contributed by atoms with Gasteiger partial charge < -0.3 is 20.3 Å². The molecular weight excluding hydrogens is 434 g/mol. The van der Waals surface area contributed by atoms with Crippen molar-refractivity contribution in [3.63, 3.8) is 0 Å². The summed E-state index contributed by atoms with van der Waals surface area (Å²) in [6, 6.07) is 17.0. The van der Waals surface area contributed by atoms with Gasteiger partial charge in [-0.3, -0.25) is 0 Å². The number of benzene rings is 2. The molecule has 4 heteroatoms. The molecule has 0 amide bonds. The van der Waals surface area contributed by atoms with Gasteiger partial charge in [0, 0.05) is 36.8 Å². The van der Waals surface area contributed by atoms with Crippen LogP contribution >= 0.6 is 0 Å². The van der Waals surface area contributed by atoms with Gasteiger partial charge in [0.2, 0.25) is 0 Å². The minimum Gasteiger partial charge on any atom is -0.489 e. The van der Waals surface area contributed by atoms with Crippen molar-refractivity contribution in [2.24, 2.45) is 11.8 Å². The van der Waals surface area contributed by atoms with Crippen LogP contribution in [0.25, 0.3) is 0 Å². The standard InChI is InChI=1S/C31H39NO3/c1-3-4-11-22(2)27(33)18-17-25-28(34)20-29-30(25)26-16-10-15-24(31(26)35-29)14-8-9-19-32-21-23-12-6-5-7-13-23/h5-7,10,12-13,15-18,22,25,27-30,32-34H,8-9,11,14,19-21H2,1-2H3/t22-,25-,27+,28+,29-,30-/m0/s1. The lowest BCUT2D eigenvalue weighted by Crippen LogP contribution is -2.19. The Morgan fingerprint density at radius 2 is 1.97 bits per heavy atom. The molecule has 2 aromatic carbocycles. The van der Waals surface area contributed by atoms with Crippen LogP contribution in [0.4, 0.5) is 0 Å². The Hall–Kier alpha value is -2.58. The highest BCUT2D eigenvalue weighted by Gasteiger charge is 2.48. The predicted molar refractivity (Wildman–Crippen MR) is 141 cm³/mol. The van der Waals surface area contributed by atoms with Gasteiger partial charge in [-0.05, 0) is 49.8 Å². The fourth-order valence-corrected chi connectivity index (χ4v) is 5.37. The van der Waals surface area contributed by atoms with Crippen molar-refractivity contribution in [1.29, 1.82) is 0 Å². The lowest BCUT2D eigenvalue weighted by Gasteiger charge is -2.19. The zero-order valence-electron chi connectivity index (χ0n) is 21.0.